The van der Waals surface area contributed by atoms with Gasteiger partial charge in [-0.2, -0.15) is 9.61 Å². The van der Waals surface area contributed by atoms with Gasteiger partial charge in [-0.25, -0.2) is 0 Å². The van der Waals surface area contributed by atoms with Gasteiger partial charge in [0.15, 0.2) is 5.56 Å². The highest BCUT2D eigenvalue weighted by Crippen LogP contribution is 2.27. The van der Waals surface area contributed by atoms with Crippen molar-refractivity contribution in [2.24, 2.45) is 5.92 Å². The summed E-state index contributed by atoms with van der Waals surface area (Å²) < 4.78 is 8.45. The molecule has 2 amide bonds. The first-order valence-corrected chi connectivity index (χ1v) is 11.6. The van der Waals surface area contributed by atoms with Crippen LogP contribution in [0.4, 0.5) is 0 Å². The third-order valence-electron chi connectivity index (χ3n) is 6.36. The maximum Gasteiger partial charge on any atom is 0.291 e. The van der Waals surface area contributed by atoms with E-state index in [0.717, 1.165) is 30.2 Å². The van der Waals surface area contributed by atoms with E-state index >= 15 is 0 Å². The van der Waals surface area contributed by atoms with E-state index in [4.69, 9.17) is 4.74 Å². The molecule has 2 atom stereocenters. The van der Waals surface area contributed by atoms with E-state index in [-0.39, 0.29) is 41.5 Å². The molecule has 33 heavy (non-hydrogen) atoms. The molecule has 1 aliphatic carbocycles. The Bertz CT molecular complexity index is 1180. The largest absolute Gasteiger partial charge is 0.494 e. The molecule has 0 aromatic carbocycles. The lowest BCUT2D eigenvalue weighted by Crippen LogP contribution is -2.45. The number of ether oxygens (including phenoxy) is 1. The number of fused-ring (bicyclic) bond motifs is 3. The second kappa shape index (κ2) is 8.33. The minimum Gasteiger partial charge on any atom is -0.494 e. The third kappa shape index (κ3) is 4.15. The Morgan fingerprint density at radius 3 is 2.58 bits per heavy atom. The summed E-state index contributed by atoms with van der Waals surface area (Å²) >= 11 is 0. The highest BCUT2D eigenvalue weighted by Gasteiger charge is 2.35. The van der Waals surface area contributed by atoms with Crippen molar-refractivity contribution in [3.8, 4) is 5.88 Å². The summed E-state index contributed by atoms with van der Waals surface area (Å²) in [7, 11) is 0. The van der Waals surface area contributed by atoms with Gasteiger partial charge in [0, 0.05) is 37.3 Å². The fourth-order valence-corrected chi connectivity index (χ4v) is 4.61. The number of nitrogens with zero attached hydrogens (tertiary/aromatic N) is 4. The molecule has 2 N–H and O–H groups in total. The molecule has 3 aliphatic rings. The van der Waals surface area contributed by atoms with Gasteiger partial charge in [0.1, 0.15) is 5.65 Å². The van der Waals surface area contributed by atoms with Crippen LogP contribution in [0.5, 0.6) is 5.88 Å². The Morgan fingerprint density at radius 2 is 1.94 bits per heavy atom. The fourth-order valence-electron chi connectivity index (χ4n) is 4.61. The van der Waals surface area contributed by atoms with Crippen LogP contribution in [0.3, 0.4) is 0 Å². The second-order valence-corrected chi connectivity index (χ2v) is 9.63. The van der Waals surface area contributed by atoms with E-state index in [1.165, 1.54) is 16.8 Å². The van der Waals surface area contributed by atoms with E-state index < -0.39 is 11.5 Å². The number of morpholine rings is 1. The number of hydrogen-bond acceptors (Lipinski definition) is 6. The lowest BCUT2D eigenvalue weighted by atomic mass is 10.2. The molecular formula is C23H29N5O5. The Hall–Kier alpha value is -3.14. The summed E-state index contributed by atoms with van der Waals surface area (Å²) in [6.45, 7) is 5.46. The van der Waals surface area contributed by atoms with Crippen LogP contribution in [0, 0.1) is 5.92 Å². The molecule has 2 bridgehead atoms. The molecule has 4 heterocycles. The van der Waals surface area contributed by atoms with Gasteiger partial charge in [0.2, 0.25) is 11.8 Å². The molecule has 10 heteroatoms. The number of aromatic nitrogens is 3. The number of rotatable bonds is 6. The summed E-state index contributed by atoms with van der Waals surface area (Å²) in [4.78, 5) is 40.3. The van der Waals surface area contributed by atoms with Gasteiger partial charge in [-0.1, -0.05) is 13.8 Å². The van der Waals surface area contributed by atoms with Crippen molar-refractivity contribution >= 4 is 23.5 Å². The van der Waals surface area contributed by atoms with Crippen molar-refractivity contribution in [1.82, 2.24) is 24.4 Å². The zero-order valence-corrected chi connectivity index (χ0v) is 18.9. The minimum absolute atomic E-state index is 0.0445. The van der Waals surface area contributed by atoms with E-state index in [0.29, 0.717) is 30.8 Å². The number of aromatic hydroxyl groups is 1. The lowest BCUT2D eigenvalue weighted by molar-refractivity contribution is -0.134. The summed E-state index contributed by atoms with van der Waals surface area (Å²) in [6.07, 6.45) is 8.45. The summed E-state index contributed by atoms with van der Waals surface area (Å²) in [5.41, 5.74) is -0.132. The van der Waals surface area contributed by atoms with E-state index in [1.807, 2.05) is 13.8 Å². The molecule has 10 nitrogen and oxygen atoms in total. The van der Waals surface area contributed by atoms with Crippen LogP contribution in [0.1, 0.15) is 55.5 Å². The van der Waals surface area contributed by atoms with Gasteiger partial charge in [0.25, 0.3) is 11.5 Å². The number of likely N-dealkylation sites (tertiary alicyclic amines) is 1. The first-order chi connectivity index (χ1) is 15.8. The highest BCUT2D eigenvalue weighted by molar-refractivity contribution is 5.97. The molecule has 176 valence electrons. The quantitative estimate of drug-likeness (QED) is 0.631. The lowest BCUT2D eigenvalue weighted by Gasteiger charge is -2.31. The van der Waals surface area contributed by atoms with Crippen molar-refractivity contribution in [2.75, 3.05) is 13.1 Å². The van der Waals surface area contributed by atoms with Crippen molar-refractivity contribution in [3.63, 3.8) is 0 Å². The van der Waals surface area contributed by atoms with Gasteiger partial charge in [-0.3, -0.25) is 19.0 Å². The van der Waals surface area contributed by atoms with E-state index in [2.05, 4.69) is 10.4 Å². The van der Waals surface area contributed by atoms with E-state index in [1.54, 1.807) is 11.0 Å². The standard InChI is InChI=1S/C23H29N5O5/c1-13(2)10-27-21-14(3-8-18(29)26-11-16-6-7-17(12-26)33-16)9-24-28(21)23(32)19(22(27)31)20(30)25-15-4-5-15/h3,8-9,13,15-17,31H,4-7,10-12H2,1-2H3,(H,25,30). The molecule has 0 radical (unpaired) electrons. The molecule has 2 aromatic heterocycles. The van der Waals surface area contributed by atoms with Crippen molar-refractivity contribution in [2.45, 2.75) is 64.3 Å². The van der Waals surface area contributed by atoms with Gasteiger partial charge in [-0.15, -0.1) is 0 Å². The molecule has 2 saturated heterocycles. The zero-order valence-electron chi connectivity index (χ0n) is 18.9. The smallest absolute Gasteiger partial charge is 0.291 e. The second-order valence-electron chi connectivity index (χ2n) is 9.63. The Kier molecular flexibility index (Phi) is 5.48. The zero-order chi connectivity index (χ0) is 23.3. The number of carbonyl (C=O) groups is 2. The van der Waals surface area contributed by atoms with Gasteiger partial charge >= 0.3 is 0 Å². The maximum atomic E-state index is 13.1. The predicted octanol–water partition coefficient (Wildman–Crippen LogP) is 1.15. The number of carbonyl (C=O) groups excluding carboxylic acids is 2. The van der Waals surface area contributed by atoms with Crippen LogP contribution >= 0.6 is 0 Å². The first-order valence-electron chi connectivity index (χ1n) is 11.6. The topological polar surface area (TPSA) is 118 Å². The molecule has 0 spiro atoms. The normalized spacial score (nSPS) is 22.6. The molecule has 2 aliphatic heterocycles. The van der Waals surface area contributed by atoms with Crippen LogP contribution < -0.4 is 10.9 Å². The van der Waals surface area contributed by atoms with Crippen molar-refractivity contribution in [3.05, 3.63) is 33.8 Å². The molecule has 1 saturated carbocycles. The maximum absolute atomic E-state index is 13.1. The number of hydrogen-bond donors (Lipinski definition) is 2. The summed E-state index contributed by atoms with van der Waals surface area (Å²) in [6, 6.07) is 0.0445. The van der Waals surface area contributed by atoms with E-state index in [9.17, 15) is 19.5 Å². The van der Waals surface area contributed by atoms with Gasteiger partial charge < -0.3 is 20.1 Å². The van der Waals surface area contributed by atoms with Crippen LogP contribution in [0.2, 0.25) is 0 Å². The minimum atomic E-state index is -0.684. The Labute approximate surface area is 190 Å². The SMILES string of the molecule is CC(C)Cn1c(O)c(C(=O)NC2CC2)c(=O)n2ncc(C=CC(=O)N3CC4CCC(C3)O4)c12. The molecule has 5 rings (SSSR count). The van der Waals surface area contributed by atoms with Gasteiger partial charge in [0.05, 0.1) is 18.4 Å². The van der Waals surface area contributed by atoms with Crippen molar-refractivity contribution < 1.29 is 19.4 Å². The Morgan fingerprint density at radius 1 is 1.24 bits per heavy atom. The Balaban J connectivity index is 1.50. The molecule has 2 unspecified atom stereocenters. The highest BCUT2D eigenvalue weighted by atomic mass is 16.5. The molecule has 3 fully saturated rings. The fraction of sp³-hybridized carbons (Fsp3) is 0.565. The summed E-state index contributed by atoms with van der Waals surface area (Å²) in [5, 5.41) is 17.9. The molecule has 2 aromatic rings. The van der Waals surface area contributed by atoms with Crippen molar-refractivity contribution in [1.29, 1.82) is 0 Å². The number of nitrogens with one attached hydrogen (secondary N) is 1. The monoisotopic (exact) mass is 455 g/mol. The van der Waals surface area contributed by atoms with Crippen LogP contribution in [-0.4, -0.2) is 67.3 Å². The average molecular weight is 456 g/mol. The van der Waals surface area contributed by atoms with Gasteiger partial charge in [-0.05, 0) is 37.7 Å². The number of amides is 2. The van der Waals surface area contributed by atoms with Crippen LogP contribution in [0.15, 0.2) is 17.1 Å². The third-order valence-corrected chi connectivity index (χ3v) is 6.36. The average Bonchev–Trinajstić information content (AvgIpc) is 3.37. The van der Waals surface area contributed by atoms with Crippen LogP contribution in [-0.2, 0) is 16.1 Å². The first kappa shape index (κ1) is 21.7. The molecular weight excluding hydrogens is 426 g/mol. The van der Waals surface area contributed by atoms with Crippen LogP contribution in [0.25, 0.3) is 11.7 Å². The summed E-state index contributed by atoms with van der Waals surface area (Å²) in [5.74, 6) is -0.981. The predicted molar refractivity (Wildman–Crippen MR) is 120 cm³/mol.